The molecule has 0 aliphatic heterocycles. The van der Waals surface area contributed by atoms with Crippen molar-refractivity contribution < 1.29 is 27.4 Å². The lowest BCUT2D eigenvalue weighted by Gasteiger charge is -2.14. The summed E-state index contributed by atoms with van der Waals surface area (Å²) in [6.45, 7) is -0.566. The molecule has 7 nitrogen and oxygen atoms in total. The van der Waals surface area contributed by atoms with E-state index < -0.39 is 25.2 Å². The number of ether oxygens (including phenoxy) is 2. The Labute approximate surface area is 141 Å². The fraction of sp³-hybridized carbons (Fsp3) is 0.533. The molecular weight excluding hydrogens is 341 g/mol. The summed E-state index contributed by atoms with van der Waals surface area (Å²) in [6.07, 6.45) is 0.646. The topological polar surface area (TPSA) is 77.8 Å². The first-order valence-corrected chi connectivity index (χ1v) is 7.94. The van der Waals surface area contributed by atoms with Gasteiger partial charge in [0.2, 0.25) is 5.88 Å². The molecule has 1 N–H and O–H groups in total. The second-order valence-corrected chi connectivity index (χ2v) is 5.75. The van der Waals surface area contributed by atoms with Crippen LogP contribution in [-0.4, -0.2) is 39.5 Å². The zero-order valence-electron chi connectivity index (χ0n) is 13.3. The molecule has 0 atom stereocenters. The minimum atomic E-state index is -4.34. The third-order valence-electron chi connectivity index (χ3n) is 3.77. The van der Waals surface area contributed by atoms with Crippen LogP contribution in [0.15, 0.2) is 18.5 Å². The maximum Gasteiger partial charge on any atom is 0.412 e. The van der Waals surface area contributed by atoms with Gasteiger partial charge in [0.15, 0.2) is 11.4 Å². The van der Waals surface area contributed by atoms with E-state index in [2.05, 4.69) is 15.4 Å². The number of imidazole rings is 1. The SMILES string of the molecule is O=C(NCCC(F)(F)F)Oc1cc(OC2CCCC2)nn2ccnc12. The number of carbonyl (C=O) groups is 1. The Morgan fingerprint density at radius 1 is 1.36 bits per heavy atom. The molecular formula is C15H17F3N4O3. The van der Waals surface area contributed by atoms with Crippen LogP contribution in [0.5, 0.6) is 11.6 Å². The number of nitrogens with one attached hydrogen (secondary N) is 1. The van der Waals surface area contributed by atoms with Gasteiger partial charge in [-0.2, -0.15) is 13.2 Å². The Morgan fingerprint density at radius 3 is 2.84 bits per heavy atom. The number of rotatable bonds is 5. The van der Waals surface area contributed by atoms with Gasteiger partial charge in [0.05, 0.1) is 6.42 Å². The van der Waals surface area contributed by atoms with Crippen molar-refractivity contribution in [2.75, 3.05) is 6.54 Å². The smallest absolute Gasteiger partial charge is 0.412 e. The molecule has 0 aromatic carbocycles. The maximum atomic E-state index is 12.1. The Bertz CT molecular complexity index is 741. The number of carbonyl (C=O) groups excluding carboxylic acids is 1. The highest BCUT2D eigenvalue weighted by molar-refractivity contribution is 5.73. The van der Waals surface area contributed by atoms with Crippen LogP contribution in [0.3, 0.4) is 0 Å². The number of nitrogens with zero attached hydrogens (tertiary/aromatic N) is 3. The van der Waals surface area contributed by atoms with Gasteiger partial charge in [0.25, 0.3) is 0 Å². The first-order valence-electron chi connectivity index (χ1n) is 7.94. The van der Waals surface area contributed by atoms with Gasteiger partial charge in [-0.15, -0.1) is 5.10 Å². The largest absolute Gasteiger partial charge is 0.473 e. The van der Waals surface area contributed by atoms with Gasteiger partial charge in [0.1, 0.15) is 6.10 Å². The van der Waals surface area contributed by atoms with Crippen molar-refractivity contribution in [3.63, 3.8) is 0 Å². The lowest BCUT2D eigenvalue weighted by atomic mass is 10.3. The highest BCUT2D eigenvalue weighted by Gasteiger charge is 2.27. The average molecular weight is 358 g/mol. The molecule has 2 aromatic rings. The van der Waals surface area contributed by atoms with E-state index >= 15 is 0 Å². The van der Waals surface area contributed by atoms with E-state index in [0.29, 0.717) is 0 Å². The van der Waals surface area contributed by atoms with Crippen molar-refractivity contribution in [3.05, 3.63) is 18.5 Å². The van der Waals surface area contributed by atoms with Crippen molar-refractivity contribution in [1.29, 1.82) is 0 Å². The molecule has 0 unspecified atom stereocenters. The summed E-state index contributed by atoms with van der Waals surface area (Å²) >= 11 is 0. The summed E-state index contributed by atoms with van der Waals surface area (Å²) in [5.41, 5.74) is 0.268. The molecule has 0 radical (unpaired) electrons. The molecule has 1 amide bonds. The Morgan fingerprint density at radius 2 is 2.12 bits per heavy atom. The van der Waals surface area contributed by atoms with E-state index in [1.165, 1.54) is 16.8 Å². The molecule has 10 heteroatoms. The van der Waals surface area contributed by atoms with E-state index in [-0.39, 0.29) is 23.4 Å². The van der Waals surface area contributed by atoms with Crippen molar-refractivity contribution >= 4 is 11.7 Å². The molecule has 2 aromatic heterocycles. The molecule has 2 heterocycles. The van der Waals surface area contributed by atoms with Crippen LogP contribution in [0.4, 0.5) is 18.0 Å². The lowest BCUT2D eigenvalue weighted by molar-refractivity contribution is -0.133. The summed E-state index contributed by atoms with van der Waals surface area (Å²) in [5.74, 6) is 0.341. The number of amides is 1. The van der Waals surface area contributed by atoms with Gasteiger partial charge in [-0.25, -0.2) is 14.3 Å². The standard InChI is InChI=1S/C15H17F3N4O3/c16-15(17,18)5-6-20-14(23)25-11-9-12(24-10-3-1-2-4-10)21-22-8-7-19-13(11)22/h7-10H,1-6H2,(H,20,23). The Balaban J connectivity index is 1.68. The van der Waals surface area contributed by atoms with Gasteiger partial charge < -0.3 is 14.8 Å². The van der Waals surface area contributed by atoms with Gasteiger partial charge in [-0.3, -0.25) is 0 Å². The normalized spacial score (nSPS) is 15.5. The zero-order chi connectivity index (χ0) is 17.9. The Kier molecular flexibility index (Phi) is 4.95. The fourth-order valence-corrected chi connectivity index (χ4v) is 2.62. The monoisotopic (exact) mass is 358 g/mol. The molecule has 0 bridgehead atoms. The zero-order valence-corrected chi connectivity index (χ0v) is 13.3. The third kappa shape index (κ3) is 4.74. The van der Waals surface area contributed by atoms with Crippen molar-refractivity contribution in [1.82, 2.24) is 19.9 Å². The number of alkyl halides is 3. The van der Waals surface area contributed by atoms with Crippen molar-refractivity contribution in [3.8, 4) is 11.6 Å². The van der Waals surface area contributed by atoms with E-state index in [1.807, 2.05) is 0 Å². The predicted octanol–water partition coefficient (Wildman–Crippen LogP) is 3.09. The fourth-order valence-electron chi connectivity index (χ4n) is 2.62. The minimum Gasteiger partial charge on any atom is -0.473 e. The summed E-state index contributed by atoms with van der Waals surface area (Å²) in [7, 11) is 0. The van der Waals surface area contributed by atoms with Crippen LogP contribution in [-0.2, 0) is 0 Å². The van der Waals surface area contributed by atoms with Crippen molar-refractivity contribution in [2.24, 2.45) is 0 Å². The highest BCUT2D eigenvalue weighted by atomic mass is 19.4. The molecule has 0 spiro atoms. The summed E-state index contributed by atoms with van der Waals surface area (Å²) in [5, 5.41) is 6.29. The molecule has 1 saturated carbocycles. The first-order chi connectivity index (χ1) is 11.9. The molecule has 1 aliphatic rings. The number of hydrogen-bond donors (Lipinski definition) is 1. The lowest BCUT2D eigenvalue weighted by Crippen LogP contribution is -2.30. The second-order valence-electron chi connectivity index (χ2n) is 5.75. The maximum absolute atomic E-state index is 12.1. The molecule has 25 heavy (non-hydrogen) atoms. The van der Waals surface area contributed by atoms with Gasteiger partial charge in [-0.1, -0.05) is 0 Å². The first kappa shape index (κ1) is 17.3. The van der Waals surface area contributed by atoms with Crippen LogP contribution < -0.4 is 14.8 Å². The van der Waals surface area contributed by atoms with Crippen molar-refractivity contribution in [2.45, 2.75) is 44.4 Å². The van der Waals surface area contributed by atoms with Gasteiger partial charge in [0, 0.05) is 25.0 Å². The summed E-state index contributed by atoms with van der Waals surface area (Å²) < 4.78 is 48.6. The number of fused-ring (bicyclic) bond motifs is 1. The second kappa shape index (κ2) is 7.16. The minimum absolute atomic E-state index is 0.0573. The van der Waals surface area contributed by atoms with Gasteiger partial charge in [-0.05, 0) is 25.7 Å². The molecule has 0 saturated heterocycles. The van der Waals surface area contributed by atoms with E-state index in [9.17, 15) is 18.0 Å². The molecule has 1 fully saturated rings. The molecule has 1 aliphatic carbocycles. The quantitative estimate of drug-likeness (QED) is 0.889. The van der Waals surface area contributed by atoms with E-state index in [0.717, 1.165) is 25.7 Å². The highest BCUT2D eigenvalue weighted by Crippen LogP contribution is 2.27. The molecule has 3 rings (SSSR count). The summed E-state index contributed by atoms with van der Waals surface area (Å²) in [6, 6.07) is 1.42. The van der Waals surface area contributed by atoms with Crippen LogP contribution in [0, 0.1) is 0 Å². The van der Waals surface area contributed by atoms with Crippen LogP contribution in [0.25, 0.3) is 5.65 Å². The van der Waals surface area contributed by atoms with Gasteiger partial charge >= 0.3 is 12.3 Å². The average Bonchev–Trinajstić information content (AvgIpc) is 3.17. The van der Waals surface area contributed by atoms with Crippen LogP contribution in [0.1, 0.15) is 32.1 Å². The predicted molar refractivity (Wildman–Crippen MR) is 80.6 cm³/mol. The van der Waals surface area contributed by atoms with Crippen LogP contribution >= 0.6 is 0 Å². The number of aromatic nitrogens is 3. The van der Waals surface area contributed by atoms with Crippen LogP contribution in [0.2, 0.25) is 0 Å². The third-order valence-corrected chi connectivity index (χ3v) is 3.77. The number of halogens is 3. The van der Waals surface area contributed by atoms with E-state index in [1.54, 1.807) is 6.20 Å². The molecule has 136 valence electrons. The number of hydrogen-bond acceptors (Lipinski definition) is 5. The van der Waals surface area contributed by atoms with E-state index in [4.69, 9.17) is 9.47 Å². The summed E-state index contributed by atoms with van der Waals surface area (Å²) in [4.78, 5) is 15.7. The Hall–Kier alpha value is -2.52.